The monoisotopic (exact) mass is 177 g/mol. The number of rotatable bonds is 3. The molecule has 0 saturated heterocycles. The van der Waals surface area contributed by atoms with Crippen LogP contribution in [0.5, 0.6) is 0 Å². The van der Waals surface area contributed by atoms with E-state index in [1.807, 2.05) is 30.3 Å². The molecular weight excluding hydrogens is 164 g/mol. The highest BCUT2D eigenvalue weighted by atomic mass is 16.2. The molecule has 0 aliphatic rings. The second-order valence-corrected chi connectivity index (χ2v) is 2.96. The first-order chi connectivity index (χ1) is 6.20. The minimum absolute atomic E-state index is 0.604. The molecule has 2 amide bonds. The number of hydrogen-bond acceptors (Lipinski definition) is 1. The highest BCUT2D eigenvalue weighted by molar-refractivity contribution is 5.70. The van der Waals surface area contributed by atoms with Gasteiger partial charge >= 0.3 is 6.03 Å². The average Bonchev–Trinajstić information content (AvgIpc) is 2.15. The maximum atomic E-state index is 10.6. The minimum Gasteiger partial charge on any atom is -0.326 e. The second kappa shape index (κ2) is 4.50. The van der Waals surface area contributed by atoms with E-state index in [1.54, 1.807) is 7.05 Å². The van der Waals surface area contributed by atoms with E-state index in [1.165, 1.54) is 10.5 Å². The molecule has 69 valence electrons. The van der Waals surface area contributed by atoms with Crippen molar-refractivity contribution in [1.29, 1.82) is 0 Å². The number of benzene rings is 1. The summed E-state index contributed by atoms with van der Waals surface area (Å²) in [5.74, 6) is 0. The molecule has 0 fully saturated rings. The first-order valence-electron chi connectivity index (χ1n) is 4.21. The Morgan fingerprint density at radius 1 is 1.38 bits per heavy atom. The SMILES string of the molecule is CN(CCc1ccccc1)C([NH])=O. The quantitative estimate of drug-likeness (QED) is 0.691. The summed E-state index contributed by atoms with van der Waals surface area (Å²) in [6, 6.07) is 9.30. The fourth-order valence-electron chi connectivity index (χ4n) is 1.04. The van der Waals surface area contributed by atoms with E-state index in [9.17, 15) is 4.79 Å². The molecule has 1 N–H and O–H groups in total. The van der Waals surface area contributed by atoms with Crippen molar-refractivity contribution in [3.63, 3.8) is 0 Å². The normalized spacial score (nSPS) is 9.62. The Labute approximate surface area is 78.2 Å². The van der Waals surface area contributed by atoms with E-state index in [2.05, 4.69) is 0 Å². The molecule has 0 spiro atoms. The molecule has 1 rings (SSSR count). The highest BCUT2D eigenvalue weighted by Gasteiger charge is 2.02. The first kappa shape index (κ1) is 9.58. The van der Waals surface area contributed by atoms with Gasteiger partial charge in [0.05, 0.1) is 0 Å². The van der Waals surface area contributed by atoms with Crippen LogP contribution in [0.15, 0.2) is 30.3 Å². The van der Waals surface area contributed by atoms with Gasteiger partial charge in [0.2, 0.25) is 0 Å². The van der Waals surface area contributed by atoms with Crippen LogP contribution in [-0.4, -0.2) is 24.5 Å². The Kier molecular flexibility index (Phi) is 3.31. The van der Waals surface area contributed by atoms with Crippen LogP contribution in [0, 0.1) is 0 Å². The summed E-state index contributed by atoms with van der Waals surface area (Å²) in [5.41, 5.74) is 8.03. The van der Waals surface area contributed by atoms with Crippen molar-refractivity contribution < 1.29 is 4.79 Å². The first-order valence-corrected chi connectivity index (χ1v) is 4.21. The van der Waals surface area contributed by atoms with Gasteiger partial charge in [0, 0.05) is 13.6 Å². The molecule has 3 heteroatoms. The minimum atomic E-state index is -0.629. The fourth-order valence-corrected chi connectivity index (χ4v) is 1.04. The summed E-state index contributed by atoms with van der Waals surface area (Å²) in [6.07, 6.45) is 0.807. The van der Waals surface area contributed by atoms with Gasteiger partial charge in [-0.05, 0) is 12.0 Å². The predicted octanol–water partition coefficient (Wildman–Crippen LogP) is 1.56. The topological polar surface area (TPSA) is 44.1 Å². The molecule has 3 nitrogen and oxygen atoms in total. The van der Waals surface area contributed by atoms with Crippen molar-refractivity contribution >= 4 is 6.03 Å². The van der Waals surface area contributed by atoms with Crippen LogP contribution >= 0.6 is 0 Å². The van der Waals surface area contributed by atoms with Crippen molar-refractivity contribution in [1.82, 2.24) is 10.6 Å². The van der Waals surface area contributed by atoms with Crippen molar-refractivity contribution in [2.45, 2.75) is 6.42 Å². The Balaban J connectivity index is 2.39. The van der Waals surface area contributed by atoms with E-state index in [4.69, 9.17) is 5.73 Å². The molecule has 0 saturated carbocycles. The zero-order valence-corrected chi connectivity index (χ0v) is 7.66. The van der Waals surface area contributed by atoms with Crippen LogP contribution in [0.2, 0.25) is 0 Å². The molecule has 0 bridgehead atoms. The molecule has 1 aromatic rings. The third kappa shape index (κ3) is 3.15. The van der Waals surface area contributed by atoms with E-state index in [-0.39, 0.29) is 0 Å². The molecule has 0 aliphatic carbocycles. The van der Waals surface area contributed by atoms with Crippen LogP contribution in [0.3, 0.4) is 0 Å². The van der Waals surface area contributed by atoms with Gasteiger partial charge in [-0.25, -0.2) is 10.5 Å². The molecule has 1 radical (unpaired) electrons. The number of amides is 2. The third-order valence-corrected chi connectivity index (χ3v) is 1.93. The number of nitrogens with zero attached hydrogens (tertiary/aromatic N) is 1. The van der Waals surface area contributed by atoms with E-state index < -0.39 is 6.03 Å². The smallest absolute Gasteiger partial charge is 0.326 e. The Bertz CT molecular complexity index is 272. The number of carbonyl (C=O) groups excluding carboxylic acids is 1. The van der Waals surface area contributed by atoms with E-state index in [0.29, 0.717) is 6.54 Å². The van der Waals surface area contributed by atoms with Crippen molar-refractivity contribution in [2.75, 3.05) is 13.6 Å². The molecule has 0 heterocycles. The van der Waals surface area contributed by atoms with Crippen LogP contribution in [0.1, 0.15) is 5.56 Å². The molecule has 0 atom stereocenters. The number of urea groups is 1. The Morgan fingerprint density at radius 2 is 2.00 bits per heavy atom. The molecule has 0 aromatic heterocycles. The average molecular weight is 177 g/mol. The zero-order chi connectivity index (χ0) is 9.68. The molecule has 0 unspecified atom stereocenters. The number of carbonyl (C=O) groups is 1. The van der Waals surface area contributed by atoms with Crippen LogP contribution < -0.4 is 5.73 Å². The Hall–Kier alpha value is -1.51. The molecule has 1 aromatic carbocycles. The summed E-state index contributed by atoms with van der Waals surface area (Å²) in [7, 11) is 1.64. The standard InChI is InChI=1S/C10H13N2O/c1-12(10(11)13)8-7-9-5-3-2-4-6-9/h2-6,11H,7-8H2,1H3. The van der Waals surface area contributed by atoms with Crippen molar-refractivity contribution in [3.8, 4) is 0 Å². The van der Waals surface area contributed by atoms with E-state index >= 15 is 0 Å². The summed E-state index contributed by atoms with van der Waals surface area (Å²) in [4.78, 5) is 12.0. The molecule has 0 aliphatic heterocycles. The Morgan fingerprint density at radius 3 is 2.54 bits per heavy atom. The van der Waals surface area contributed by atoms with Gasteiger partial charge in [-0.2, -0.15) is 0 Å². The van der Waals surface area contributed by atoms with Gasteiger partial charge in [-0.1, -0.05) is 30.3 Å². The van der Waals surface area contributed by atoms with Crippen LogP contribution in [-0.2, 0) is 6.42 Å². The van der Waals surface area contributed by atoms with Gasteiger partial charge in [0.1, 0.15) is 0 Å². The predicted molar refractivity (Wildman–Crippen MR) is 51.3 cm³/mol. The number of nitrogens with one attached hydrogen (secondary N) is 1. The fraction of sp³-hybridized carbons (Fsp3) is 0.300. The van der Waals surface area contributed by atoms with Crippen molar-refractivity contribution in [3.05, 3.63) is 35.9 Å². The lowest BCUT2D eigenvalue weighted by atomic mass is 10.1. The summed E-state index contributed by atoms with van der Waals surface area (Å²) in [5, 5.41) is 0. The van der Waals surface area contributed by atoms with Gasteiger partial charge in [-0.15, -0.1) is 0 Å². The van der Waals surface area contributed by atoms with Crippen LogP contribution in [0.4, 0.5) is 4.79 Å². The summed E-state index contributed by atoms with van der Waals surface area (Å²) >= 11 is 0. The molecular formula is C10H13N2O. The maximum Gasteiger partial charge on any atom is 0.335 e. The van der Waals surface area contributed by atoms with Gasteiger partial charge < -0.3 is 4.90 Å². The number of hydrogen-bond donors (Lipinski definition) is 0. The summed E-state index contributed by atoms with van der Waals surface area (Å²) in [6.45, 7) is 0.604. The molecule has 13 heavy (non-hydrogen) atoms. The van der Waals surface area contributed by atoms with Crippen molar-refractivity contribution in [2.24, 2.45) is 0 Å². The lowest BCUT2D eigenvalue weighted by Gasteiger charge is -2.12. The van der Waals surface area contributed by atoms with Gasteiger partial charge in [-0.3, -0.25) is 0 Å². The largest absolute Gasteiger partial charge is 0.335 e. The number of likely N-dealkylation sites (N-methyl/N-ethyl adjacent to an activating group) is 1. The third-order valence-electron chi connectivity index (χ3n) is 1.93. The lowest BCUT2D eigenvalue weighted by Crippen LogP contribution is -2.27. The maximum absolute atomic E-state index is 10.6. The van der Waals surface area contributed by atoms with E-state index in [0.717, 1.165) is 6.42 Å². The van der Waals surface area contributed by atoms with Gasteiger partial charge in [0.15, 0.2) is 0 Å². The van der Waals surface area contributed by atoms with Gasteiger partial charge in [0.25, 0.3) is 0 Å². The zero-order valence-electron chi connectivity index (χ0n) is 7.66. The highest BCUT2D eigenvalue weighted by Crippen LogP contribution is 2.00. The summed E-state index contributed by atoms with van der Waals surface area (Å²) < 4.78 is 0. The lowest BCUT2D eigenvalue weighted by molar-refractivity contribution is 0.217. The van der Waals surface area contributed by atoms with Crippen LogP contribution in [0.25, 0.3) is 0 Å². The second-order valence-electron chi connectivity index (χ2n) is 2.96.